The van der Waals surface area contributed by atoms with Crippen LogP contribution >= 0.6 is 0 Å². The fraction of sp³-hybridized carbons (Fsp3) is 0.733. The van der Waals surface area contributed by atoms with Crippen molar-refractivity contribution >= 4 is 5.91 Å². The van der Waals surface area contributed by atoms with Gasteiger partial charge in [0.05, 0.1) is 11.3 Å². The molecular formula is C15H26N4O. The molecule has 1 heterocycles. The molecule has 0 atom stereocenters. The molecule has 0 radical (unpaired) electrons. The van der Waals surface area contributed by atoms with E-state index in [2.05, 4.69) is 20.0 Å². The van der Waals surface area contributed by atoms with Crippen molar-refractivity contribution < 1.29 is 4.79 Å². The molecule has 5 heteroatoms. The number of aryl methyl sites for hydroxylation is 2. The number of amides is 1. The monoisotopic (exact) mass is 278 g/mol. The van der Waals surface area contributed by atoms with Crippen molar-refractivity contribution in [2.75, 3.05) is 27.2 Å². The van der Waals surface area contributed by atoms with Crippen LogP contribution in [0.25, 0.3) is 0 Å². The zero-order valence-corrected chi connectivity index (χ0v) is 13.1. The van der Waals surface area contributed by atoms with Crippen molar-refractivity contribution in [1.82, 2.24) is 20.0 Å². The Morgan fingerprint density at radius 2 is 1.90 bits per heavy atom. The highest BCUT2D eigenvalue weighted by Gasteiger charge is 2.29. The molecule has 1 aromatic heterocycles. The molecule has 5 nitrogen and oxygen atoms in total. The molecule has 1 aliphatic carbocycles. The number of rotatable bonds is 5. The van der Waals surface area contributed by atoms with Crippen molar-refractivity contribution in [2.45, 2.75) is 45.6 Å². The fourth-order valence-electron chi connectivity index (χ4n) is 2.98. The molecule has 2 rings (SSSR count). The largest absolute Gasteiger partial charge is 0.334 e. The minimum atomic E-state index is 0.141. The summed E-state index contributed by atoms with van der Waals surface area (Å²) in [6.07, 6.45) is 4.74. The minimum Gasteiger partial charge on any atom is -0.334 e. The van der Waals surface area contributed by atoms with Crippen LogP contribution in [-0.4, -0.2) is 59.1 Å². The van der Waals surface area contributed by atoms with Crippen molar-refractivity contribution in [3.8, 4) is 0 Å². The highest BCUT2D eigenvalue weighted by atomic mass is 16.2. The maximum atomic E-state index is 12.9. The summed E-state index contributed by atoms with van der Waals surface area (Å²) in [4.78, 5) is 17.1. The van der Waals surface area contributed by atoms with E-state index < -0.39 is 0 Å². The standard InChI is InChI=1S/C15H26N4O/c1-11-14(12(2)17-16-11)15(20)19(10-9-18(3)4)13-7-5-6-8-13/h13H,5-10H2,1-4H3,(H,16,17). The van der Waals surface area contributed by atoms with Crippen molar-refractivity contribution in [3.63, 3.8) is 0 Å². The summed E-state index contributed by atoms with van der Waals surface area (Å²) in [7, 11) is 4.09. The number of carbonyl (C=O) groups is 1. The van der Waals surface area contributed by atoms with Gasteiger partial charge < -0.3 is 9.80 Å². The number of carbonyl (C=O) groups excluding carboxylic acids is 1. The topological polar surface area (TPSA) is 52.2 Å². The van der Waals surface area contributed by atoms with E-state index in [1.165, 1.54) is 12.8 Å². The van der Waals surface area contributed by atoms with E-state index in [0.717, 1.165) is 42.9 Å². The lowest BCUT2D eigenvalue weighted by Gasteiger charge is -2.30. The lowest BCUT2D eigenvalue weighted by atomic mass is 10.1. The van der Waals surface area contributed by atoms with Crippen molar-refractivity contribution in [2.24, 2.45) is 0 Å². The molecule has 0 bridgehead atoms. The fourth-order valence-corrected chi connectivity index (χ4v) is 2.98. The van der Waals surface area contributed by atoms with Crippen molar-refractivity contribution in [3.05, 3.63) is 17.0 Å². The first-order chi connectivity index (χ1) is 9.50. The Kier molecular flexibility index (Phi) is 4.81. The van der Waals surface area contributed by atoms with E-state index in [1.54, 1.807) is 0 Å². The highest BCUT2D eigenvalue weighted by molar-refractivity contribution is 5.96. The molecule has 1 aliphatic rings. The molecule has 0 spiro atoms. The number of hydrogen-bond donors (Lipinski definition) is 1. The third-order valence-corrected chi connectivity index (χ3v) is 4.16. The normalized spacial score (nSPS) is 16.1. The Labute approximate surface area is 121 Å². The van der Waals surface area contributed by atoms with Gasteiger partial charge in [-0.15, -0.1) is 0 Å². The Hall–Kier alpha value is -1.36. The minimum absolute atomic E-state index is 0.141. The first-order valence-electron chi connectivity index (χ1n) is 7.48. The Morgan fingerprint density at radius 1 is 1.25 bits per heavy atom. The molecule has 1 N–H and O–H groups in total. The first-order valence-corrected chi connectivity index (χ1v) is 7.48. The maximum Gasteiger partial charge on any atom is 0.257 e. The smallest absolute Gasteiger partial charge is 0.257 e. The van der Waals surface area contributed by atoms with E-state index >= 15 is 0 Å². The van der Waals surface area contributed by atoms with Crippen LogP contribution in [0.4, 0.5) is 0 Å². The summed E-state index contributed by atoms with van der Waals surface area (Å²) < 4.78 is 0. The van der Waals surface area contributed by atoms with Crippen LogP contribution in [-0.2, 0) is 0 Å². The molecule has 0 saturated heterocycles. The van der Waals surface area contributed by atoms with Crippen LogP contribution in [0.3, 0.4) is 0 Å². The zero-order chi connectivity index (χ0) is 14.7. The second-order valence-electron chi connectivity index (χ2n) is 6.05. The molecule has 0 aromatic carbocycles. The number of hydrogen-bond acceptors (Lipinski definition) is 3. The summed E-state index contributed by atoms with van der Waals surface area (Å²) >= 11 is 0. The number of nitrogens with one attached hydrogen (secondary N) is 1. The predicted molar refractivity (Wildman–Crippen MR) is 79.9 cm³/mol. The molecule has 112 valence electrons. The quantitative estimate of drug-likeness (QED) is 0.896. The summed E-state index contributed by atoms with van der Waals surface area (Å²) in [5.74, 6) is 0.141. The number of aromatic amines is 1. The number of nitrogens with zero attached hydrogens (tertiary/aromatic N) is 3. The van der Waals surface area contributed by atoms with Gasteiger partial charge in [-0.25, -0.2) is 0 Å². The molecule has 1 fully saturated rings. The van der Waals surface area contributed by atoms with Gasteiger partial charge in [0.25, 0.3) is 5.91 Å². The van der Waals surface area contributed by atoms with Crippen LogP contribution in [0.15, 0.2) is 0 Å². The van der Waals surface area contributed by atoms with Crippen LogP contribution in [0.2, 0.25) is 0 Å². The van der Waals surface area contributed by atoms with Crippen LogP contribution in [0, 0.1) is 13.8 Å². The molecule has 1 aromatic rings. The maximum absolute atomic E-state index is 12.9. The van der Waals surface area contributed by atoms with Gasteiger partial charge in [-0.1, -0.05) is 12.8 Å². The van der Waals surface area contributed by atoms with Gasteiger partial charge in [0.1, 0.15) is 0 Å². The van der Waals surface area contributed by atoms with E-state index in [0.29, 0.717) is 6.04 Å². The molecule has 20 heavy (non-hydrogen) atoms. The Bertz CT molecular complexity index is 441. The average Bonchev–Trinajstić information content (AvgIpc) is 3.00. The molecule has 0 aliphatic heterocycles. The molecule has 0 unspecified atom stereocenters. The van der Waals surface area contributed by atoms with E-state index in [4.69, 9.17) is 0 Å². The Balaban J connectivity index is 2.18. The lowest BCUT2D eigenvalue weighted by molar-refractivity contribution is 0.0666. The van der Waals surface area contributed by atoms with Gasteiger partial charge >= 0.3 is 0 Å². The van der Waals surface area contributed by atoms with E-state index in [1.807, 2.05) is 27.9 Å². The van der Waals surface area contributed by atoms with Crippen LogP contribution in [0.1, 0.15) is 47.4 Å². The van der Waals surface area contributed by atoms with Gasteiger partial charge in [-0.3, -0.25) is 9.89 Å². The molecular weight excluding hydrogens is 252 g/mol. The SMILES string of the molecule is Cc1n[nH]c(C)c1C(=O)N(CCN(C)C)C1CCCC1. The van der Waals surface area contributed by atoms with Crippen LogP contribution < -0.4 is 0 Å². The lowest BCUT2D eigenvalue weighted by Crippen LogP contribution is -2.43. The second kappa shape index (κ2) is 6.39. The number of likely N-dealkylation sites (N-methyl/N-ethyl adjacent to an activating group) is 1. The third-order valence-electron chi connectivity index (χ3n) is 4.16. The molecule has 1 amide bonds. The number of aromatic nitrogens is 2. The van der Waals surface area contributed by atoms with Crippen molar-refractivity contribution in [1.29, 1.82) is 0 Å². The summed E-state index contributed by atoms with van der Waals surface area (Å²) in [6.45, 7) is 5.51. The molecule has 1 saturated carbocycles. The van der Waals surface area contributed by atoms with Gasteiger partial charge in [0, 0.05) is 24.8 Å². The average molecular weight is 278 g/mol. The second-order valence-corrected chi connectivity index (χ2v) is 6.05. The van der Waals surface area contributed by atoms with E-state index in [9.17, 15) is 4.79 Å². The number of H-pyrrole nitrogens is 1. The Morgan fingerprint density at radius 3 is 2.40 bits per heavy atom. The third kappa shape index (κ3) is 3.20. The predicted octanol–water partition coefficient (Wildman–Crippen LogP) is 1.97. The van der Waals surface area contributed by atoms with Gasteiger partial charge in [-0.2, -0.15) is 5.10 Å². The summed E-state index contributed by atoms with van der Waals surface area (Å²) in [5, 5.41) is 7.08. The first kappa shape index (κ1) is 15.0. The van der Waals surface area contributed by atoms with Gasteiger partial charge in [0.15, 0.2) is 0 Å². The van der Waals surface area contributed by atoms with Crippen LogP contribution in [0.5, 0.6) is 0 Å². The summed E-state index contributed by atoms with van der Waals surface area (Å²) in [5.41, 5.74) is 2.44. The van der Waals surface area contributed by atoms with E-state index in [-0.39, 0.29) is 5.91 Å². The van der Waals surface area contributed by atoms with Gasteiger partial charge in [0.2, 0.25) is 0 Å². The zero-order valence-electron chi connectivity index (χ0n) is 13.1. The van der Waals surface area contributed by atoms with Gasteiger partial charge in [-0.05, 0) is 40.8 Å². The highest BCUT2D eigenvalue weighted by Crippen LogP contribution is 2.25. The summed E-state index contributed by atoms with van der Waals surface area (Å²) in [6, 6.07) is 0.399.